The van der Waals surface area contributed by atoms with Crippen LogP contribution in [0.15, 0.2) is 39.8 Å². The molecule has 3 fully saturated rings. The summed E-state index contributed by atoms with van der Waals surface area (Å²) >= 11 is 0. The molecule has 1 N–H and O–H groups in total. The number of methoxy groups -OCH3 is 1. The van der Waals surface area contributed by atoms with Gasteiger partial charge in [-0.3, -0.25) is 14.6 Å². The number of fused-ring (bicyclic) bond motifs is 4. The summed E-state index contributed by atoms with van der Waals surface area (Å²) < 4.78 is 29.2. The molecule has 11 nitrogen and oxygen atoms in total. The van der Waals surface area contributed by atoms with E-state index in [1.54, 1.807) is 44.8 Å². The van der Waals surface area contributed by atoms with Gasteiger partial charge in [0.05, 0.1) is 17.9 Å². The molecule has 0 aromatic carbocycles. The van der Waals surface area contributed by atoms with E-state index in [4.69, 9.17) is 18.6 Å². The fourth-order valence-corrected chi connectivity index (χ4v) is 8.83. The van der Waals surface area contributed by atoms with Gasteiger partial charge in [0, 0.05) is 50.1 Å². The minimum absolute atomic E-state index is 0.0603. The van der Waals surface area contributed by atoms with E-state index in [1.165, 1.54) is 0 Å². The molecule has 0 amide bonds. The van der Waals surface area contributed by atoms with E-state index < -0.39 is 34.8 Å². The SMILES string of the molecule is CC.CC(C)C(=O)OC1CCC2(C)C(CC(OC(=O)C3CCCCC3)C3(C)Oc4cc(-c5cccnc5)oc(=O)c4C(O)C23)C1C.CC(C)C=O.COC. The van der Waals surface area contributed by atoms with Gasteiger partial charge >= 0.3 is 17.6 Å². The number of rotatable bonds is 6. The van der Waals surface area contributed by atoms with E-state index in [2.05, 4.69) is 23.6 Å². The molecule has 8 unspecified atom stereocenters. The molecule has 302 valence electrons. The van der Waals surface area contributed by atoms with Crippen molar-refractivity contribution in [3.05, 3.63) is 46.6 Å². The van der Waals surface area contributed by atoms with E-state index in [-0.39, 0.29) is 64.7 Å². The molecule has 6 rings (SSSR count). The number of pyridine rings is 1. The Morgan fingerprint density at radius 2 is 1.67 bits per heavy atom. The number of hydrogen-bond donors (Lipinski definition) is 1. The summed E-state index contributed by atoms with van der Waals surface area (Å²) in [6.07, 6.45) is 8.47. The number of aldehydes is 1. The Balaban J connectivity index is 0.000000706. The van der Waals surface area contributed by atoms with Gasteiger partial charge < -0.3 is 33.3 Å². The molecule has 2 aromatic rings. The van der Waals surface area contributed by atoms with Gasteiger partial charge in [0.25, 0.3) is 0 Å². The van der Waals surface area contributed by atoms with Crippen molar-refractivity contribution >= 4 is 18.2 Å². The Bertz CT molecular complexity index is 1570. The van der Waals surface area contributed by atoms with Crippen LogP contribution in [0, 0.1) is 40.9 Å². The van der Waals surface area contributed by atoms with E-state index in [0.717, 1.165) is 38.4 Å². The van der Waals surface area contributed by atoms with Crippen LogP contribution in [0.4, 0.5) is 0 Å². The summed E-state index contributed by atoms with van der Waals surface area (Å²) in [7, 11) is 3.25. The molecule has 54 heavy (non-hydrogen) atoms. The zero-order chi connectivity index (χ0) is 40.4. The van der Waals surface area contributed by atoms with Gasteiger partial charge in [0.15, 0.2) is 0 Å². The first-order valence-corrected chi connectivity index (χ1v) is 19.8. The number of carbonyl (C=O) groups is 3. The summed E-state index contributed by atoms with van der Waals surface area (Å²) in [5.74, 6) is -0.840. The highest BCUT2D eigenvalue weighted by molar-refractivity contribution is 5.73. The number of aliphatic hydroxyl groups is 1. The molecule has 11 heteroatoms. The average molecular weight is 756 g/mol. The summed E-state index contributed by atoms with van der Waals surface area (Å²) in [4.78, 5) is 53.4. The quantitative estimate of drug-likeness (QED) is 0.225. The molecular weight excluding hydrogens is 690 g/mol. The van der Waals surface area contributed by atoms with Crippen molar-refractivity contribution < 1.29 is 42.9 Å². The predicted octanol–water partition coefficient (Wildman–Crippen LogP) is 8.15. The minimum Gasteiger partial charge on any atom is -0.482 e. The number of ether oxygens (including phenoxy) is 4. The lowest BCUT2D eigenvalue weighted by Crippen LogP contribution is -2.69. The third kappa shape index (κ3) is 9.80. The van der Waals surface area contributed by atoms with Gasteiger partial charge in [0.2, 0.25) is 0 Å². The molecule has 0 saturated heterocycles. The van der Waals surface area contributed by atoms with Gasteiger partial charge in [0.1, 0.15) is 41.2 Å². The van der Waals surface area contributed by atoms with Crippen LogP contribution in [-0.4, -0.2) is 60.3 Å². The average Bonchev–Trinajstić information content (AvgIpc) is 3.15. The Labute approximate surface area is 321 Å². The highest BCUT2D eigenvalue weighted by Crippen LogP contribution is 2.65. The number of nitrogens with zero attached hydrogens (tertiary/aromatic N) is 1. The number of hydrogen-bond acceptors (Lipinski definition) is 11. The molecule has 4 aliphatic rings. The van der Waals surface area contributed by atoms with Crippen molar-refractivity contribution in [1.82, 2.24) is 4.98 Å². The molecule has 0 spiro atoms. The lowest BCUT2D eigenvalue weighted by molar-refractivity contribution is -0.252. The van der Waals surface area contributed by atoms with Crippen molar-refractivity contribution in [2.75, 3.05) is 14.2 Å². The van der Waals surface area contributed by atoms with Gasteiger partial charge in [-0.1, -0.05) is 74.7 Å². The fraction of sp³-hybridized carbons (Fsp3) is 0.698. The van der Waals surface area contributed by atoms with E-state index in [1.807, 2.05) is 48.5 Å². The first kappa shape index (κ1) is 44.8. The number of aromatic nitrogens is 1. The standard InChI is InChI=1S/C35H45NO8.C4H8O.C2H6O.C2H6/c1-19(2)31(38)41-24-13-14-34(4)23(20(24)3)16-27(43-32(39)21-10-7-6-8-11-21)35(5)30(34)29(37)28-26(44-35)17-25(42-33(28)40)22-12-9-15-36-18-22;1-4(2)3-5;1-3-2;1-2/h9,12,15,17-21,23-24,27,29-30,37H,6-8,10-11,13-14,16H2,1-5H3;3-4H,1-2H3;1-2H3;1-2H3. The summed E-state index contributed by atoms with van der Waals surface area (Å²) in [6, 6.07) is 5.17. The molecule has 3 aliphatic carbocycles. The van der Waals surface area contributed by atoms with Crippen LogP contribution in [0.2, 0.25) is 0 Å². The van der Waals surface area contributed by atoms with Crippen LogP contribution in [0.3, 0.4) is 0 Å². The molecule has 2 aromatic heterocycles. The molecule has 0 radical (unpaired) electrons. The Kier molecular flexibility index (Phi) is 16.5. The van der Waals surface area contributed by atoms with E-state index in [9.17, 15) is 24.3 Å². The first-order chi connectivity index (χ1) is 25.6. The second kappa shape index (κ2) is 19.8. The van der Waals surface area contributed by atoms with Gasteiger partial charge in [-0.25, -0.2) is 4.79 Å². The third-order valence-corrected chi connectivity index (χ3v) is 11.5. The molecule has 3 heterocycles. The number of aliphatic hydroxyl groups excluding tert-OH is 1. The van der Waals surface area contributed by atoms with Crippen molar-refractivity contribution in [3.8, 4) is 17.1 Å². The topological polar surface area (TPSA) is 151 Å². The fourth-order valence-electron chi connectivity index (χ4n) is 8.83. The third-order valence-electron chi connectivity index (χ3n) is 11.5. The van der Waals surface area contributed by atoms with Gasteiger partial charge in [-0.2, -0.15) is 0 Å². The normalized spacial score (nSPS) is 29.8. The molecule has 3 saturated carbocycles. The maximum absolute atomic E-state index is 13.6. The summed E-state index contributed by atoms with van der Waals surface area (Å²) in [5, 5.41) is 12.2. The number of carbonyl (C=O) groups excluding carboxylic acids is 3. The van der Waals surface area contributed by atoms with E-state index in [0.29, 0.717) is 24.8 Å². The van der Waals surface area contributed by atoms with Crippen molar-refractivity contribution in [2.45, 2.75) is 138 Å². The van der Waals surface area contributed by atoms with Gasteiger partial charge in [-0.05, 0) is 68.4 Å². The molecule has 0 bridgehead atoms. The summed E-state index contributed by atoms with van der Waals surface area (Å²) in [6.45, 7) is 17.5. The van der Waals surface area contributed by atoms with Crippen molar-refractivity contribution in [3.63, 3.8) is 0 Å². The van der Waals surface area contributed by atoms with Gasteiger partial charge in [-0.15, -0.1) is 0 Å². The van der Waals surface area contributed by atoms with Crippen LogP contribution in [0.1, 0.15) is 125 Å². The maximum Gasteiger partial charge on any atom is 0.345 e. The highest BCUT2D eigenvalue weighted by Gasteiger charge is 2.68. The van der Waals surface area contributed by atoms with Crippen LogP contribution in [-0.2, 0) is 28.6 Å². The van der Waals surface area contributed by atoms with Crippen molar-refractivity contribution in [2.24, 2.45) is 40.9 Å². The zero-order valence-electron chi connectivity index (χ0n) is 34.4. The van der Waals surface area contributed by atoms with Crippen LogP contribution < -0.4 is 10.4 Å². The van der Waals surface area contributed by atoms with Crippen LogP contribution in [0.25, 0.3) is 11.3 Å². The number of esters is 2. The van der Waals surface area contributed by atoms with Crippen LogP contribution in [0.5, 0.6) is 5.75 Å². The largest absolute Gasteiger partial charge is 0.482 e. The molecular formula is C43H65NO10. The lowest BCUT2D eigenvalue weighted by Gasteiger charge is -2.64. The predicted molar refractivity (Wildman–Crippen MR) is 207 cm³/mol. The lowest BCUT2D eigenvalue weighted by atomic mass is 9.46. The molecule has 8 atom stereocenters. The smallest absolute Gasteiger partial charge is 0.345 e. The second-order valence-corrected chi connectivity index (χ2v) is 16.1. The monoisotopic (exact) mass is 755 g/mol. The Morgan fingerprint density at radius 3 is 2.22 bits per heavy atom. The van der Waals surface area contributed by atoms with Crippen LogP contribution >= 0.6 is 0 Å². The zero-order valence-corrected chi connectivity index (χ0v) is 34.4. The summed E-state index contributed by atoms with van der Waals surface area (Å²) in [5.41, 5.74) is -1.60. The van der Waals surface area contributed by atoms with E-state index >= 15 is 0 Å². The first-order valence-electron chi connectivity index (χ1n) is 19.8. The van der Waals surface area contributed by atoms with Crippen molar-refractivity contribution in [1.29, 1.82) is 0 Å². The molecule has 1 aliphatic heterocycles. The maximum atomic E-state index is 13.6. The Morgan fingerprint density at radius 1 is 1.04 bits per heavy atom. The minimum atomic E-state index is -1.21. The second-order valence-electron chi connectivity index (χ2n) is 16.1. The Hall–Kier alpha value is -3.57. The highest BCUT2D eigenvalue weighted by atomic mass is 16.6.